The summed E-state index contributed by atoms with van der Waals surface area (Å²) >= 11 is 0. The van der Waals surface area contributed by atoms with Crippen LogP contribution >= 0.6 is 0 Å². The first-order chi connectivity index (χ1) is 10.7. The number of unbranched alkanes of at least 4 members (excludes halogenated alkanes) is 12. The smallest absolute Gasteiger partial charge is 0.149 e. The molecule has 0 rings (SSSR count). The zero-order valence-corrected chi connectivity index (χ0v) is 15.4. The molecule has 2 N–H and O–H groups in total. The summed E-state index contributed by atoms with van der Waals surface area (Å²) in [7, 11) is 0. The second-order valence-corrected chi connectivity index (χ2v) is 6.85. The van der Waals surface area contributed by atoms with Crippen molar-refractivity contribution in [1.82, 2.24) is 0 Å². The van der Waals surface area contributed by atoms with E-state index >= 15 is 0 Å². The number of hydrogen-bond donors (Lipinski definition) is 1. The van der Waals surface area contributed by atoms with E-state index in [2.05, 4.69) is 13.8 Å². The van der Waals surface area contributed by atoms with Crippen LogP contribution in [0.5, 0.6) is 0 Å². The first-order valence-corrected chi connectivity index (χ1v) is 10.0. The lowest BCUT2D eigenvalue weighted by Crippen LogP contribution is -2.29. The van der Waals surface area contributed by atoms with Gasteiger partial charge in [0.25, 0.3) is 0 Å². The molecule has 2 heteroatoms. The normalized spacial score (nSPS) is 12.5. The van der Waals surface area contributed by atoms with Gasteiger partial charge in [0, 0.05) is 6.42 Å². The third-order valence-electron chi connectivity index (χ3n) is 4.54. The maximum Gasteiger partial charge on any atom is 0.149 e. The Morgan fingerprint density at radius 1 is 0.682 bits per heavy atom. The molecule has 0 aliphatic carbocycles. The average molecular weight is 312 g/mol. The van der Waals surface area contributed by atoms with Gasteiger partial charge >= 0.3 is 0 Å². The van der Waals surface area contributed by atoms with E-state index in [1.807, 2.05) is 0 Å². The van der Waals surface area contributed by atoms with Crippen molar-refractivity contribution in [3.63, 3.8) is 0 Å². The van der Waals surface area contributed by atoms with Gasteiger partial charge in [0.2, 0.25) is 0 Å². The van der Waals surface area contributed by atoms with Crippen LogP contribution in [0.15, 0.2) is 0 Å². The fraction of sp³-hybridized carbons (Fsp3) is 0.950. The van der Waals surface area contributed by atoms with Crippen molar-refractivity contribution in [2.75, 3.05) is 0 Å². The molecule has 0 heterocycles. The van der Waals surface area contributed by atoms with E-state index in [-0.39, 0.29) is 11.8 Å². The second-order valence-electron chi connectivity index (χ2n) is 6.85. The number of carbonyl (C=O) groups excluding carboxylic acids is 1. The third-order valence-corrected chi connectivity index (χ3v) is 4.54. The highest BCUT2D eigenvalue weighted by atomic mass is 16.1. The molecule has 0 aromatic rings. The van der Waals surface area contributed by atoms with Crippen LogP contribution in [0, 0.1) is 0 Å². The van der Waals surface area contributed by atoms with Crippen molar-refractivity contribution in [2.24, 2.45) is 5.73 Å². The number of Topliss-reactive ketones (excluding diaryl/α,β-unsaturated/α-hetero) is 1. The lowest BCUT2D eigenvalue weighted by Gasteiger charge is -2.08. The fourth-order valence-electron chi connectivity index (χ4n) is 2.97. The Bertz CT molecular complexity index is 240. The molecule has 1 unspecified atom stereocenters. The Morgan fingerprint density at radius 2 is 1.09 bits per heavy atom. The molecule has 22 heavy (non-hydrogen) atoms. The van der Waals surface area contributed by atoms with Crippen molar-refractivity contribution < 1.29 is 4.79 Å². The number of carbonyl (C=O) groups is 1. The third kappa shape index (κ3) is 14.6. The lowest BCUT2D eigenvalue weighted by atomic mass is 10.0. The molecule has 0 aromatic heterocycles. The van der Waals surface area contributed by atoms with Crippen LogP contribution in [0.3, 0.4) is 0 Å². The molecule has 0 aliphatic rings. The summed E-state index contributed by atoms with van der Waals surface area (Å²) in [6, 6.07) is -0.206. The van der Waals surface area contributed by atoms with Crippen LogP contribution in [0.4, 0.5) is 0 Å². The molecule has 0 saturated carbocycles. The number of rotatable bonds is 17. The molecule has 132 valence electrons. The first kappa shape index (κ1) is 21.6. The van der Waals surface area contributed by atoms with Crippen molar-refractivity contribution in [3.8, 4) is 0 Å². The average Bonchev–Trinajstić information content (AvgIpc) is 2.51. The number of hydrogen-bond acceptors (Lipinski definition) is 2. The molecule has 0 amide bonds. The van der Waals surface area contributed by atoms with Crippen molar-refractivity contribution in [2.45, 2.75) is 123 Å². The van der Waals surface area contributed by atoms with Crippen LogP contribution in [0.25, 0.3) is 0 Å². The number of nitrogens with two attached hydrogens (primary N) is 1. The Kier molecular flexibility index (Phi) is 16.7. The Morgan fingerprint density at radius 3 is 1.50 bits per heavy atom. The minimum Gasteiger partial charge on any atom is -0.322 e. The molecule has 2 nitrogen and oxygen atoms in total. The standard InChI is InChI=1S/C20H41NO/c1-3-5-6-7-8-9-10-11-12-13-14-15-16-18-20(22)19(21)17-4-2/h19H,3-18,21H2,1-2H3. The largest absolute Gasteiger partial charge is 0.322 e. The van der Waals surface area contributed by atoms with Gasteiger partial charge in [-0.05, 0) is 12.8 Å². The molecule has 0 radical (unpaired) electrons. The molecular formula is C20H41NO. The molecule has 0 spiro atoms. The molecule has 0 aromatic carbocycles. The summed E-state index contributed by atoms with van der Waals surface area (Å²) in [6.45, 7) is 4.35. The summed E-state index contributed by atoms with van der Waals surface area (Å²) < 4.78 is 0. The number of ketones is 1. The molecule has 0 fully saturated rings. The molecule has 0 bridgehead atoms. The quantitative estimate of drug-likeness (QED) is 0.327. The summed E-state index contributed by atoms with van der Waals surface area (Å²) in [6.07, 6.45) is 20.0. The summed E-state index contributed by atoms with van der Waals surface area (Å²) in [5.41, 5.74) is 5.83. The zero-order valence-electron chi connectivity index (χ0n) is 15.4. The van der Waals surface area contributed by atoms with E-state index in [1.165, 1.54) is 77.0 Å². The van der Waals surface area contributed by atoms with E-state index in [4.69, 9.17) is 5.73 Å². The van der Waals surface area contributed by atoms with Gasteiger partial charge in [-0.2, -0.15) is 0 Å². The van der Waals surface area contributed by atoms with Gasteiger partial charge in [-0.1, -0.05) is 97.3 Å². The molecular weight excluding hydrogens is 270 g/mol. The van der Waals surface area contributed by atoms with Gasteiger partial charge in [0.1, 0.15) is 5.78 Å². The molecule has 1 atom stereocenters. The topological polar surface area (TPSA) is 43.1 Å². The molecule has 0 saturated heterocycles. The molecule has 0 aliphatic heterocycles. The predicted molar refractivity (Wildman–Crippen MR) is 98.2 cm³/mol. The van der Waals surface area contributed by atoms with Crippen LogP contribution in [0.2, 0.25) is 0 Å². The monoisotopic (exact) mass is 311 g/mol. The maximum absolute atomic E-state index is 11.7. The predicted octanol–water partition coefficient (Wildman–Crippen LogP) is 6.16. The van der Waals surface area contributed by atoms with E-state index in [0.29, 0.717) is 6.42 Å². The Balaban J connectivity index is 3.16. The van der Waals surface area contributed by atoms with Gasteiger partial charge in [0.15, 0.2) is 0 Å². The fourth-order valence-corrected chi connectivity index (χ4v) is 2.97. The van der Waals surface area contributed by atoms with Crippen LogP contribution in [-0.2, 0) is 4.79 Å². The van der Waals surface area contributed by atoms with Crippen LogP contribution < -0.4 is 5.73 Å². The van der Waals surface area contributed by atoms with Crippen molar-refractivity contribution in [1.29, 1.82) is 0 Å². The van der Waals surface area contributed by atoms with Crippen LogP contribution in [-0.4, -0.2) is 11.8 Å². The highest BCUT2D eigenvalue weighted by molar-refractivity contribution is 5.83. The van der Waals surface area contributed by atoms with Gasteiger partial charge in [-0.15, -0.1) is 0 Å². The maximum atomic E-state index is 11.7. The van der Waals surface area contributed by atoms with Gasteiger partial charge in [-0.3, -0.25) is 4.79 Å². The summed E-state index contributed by atoms with van der Waals surface area (Å²) in [5.74, 6) is 0.268. The van der Waals surface area contributed by atoms with E-state index in [1.54, 1.807) is 0 Å². The van der Waals surface area contributed by atoms with E-state index in [0.717, 1.165) is 19.3 Å². The van der Waals surface area contributed by atoms with E-state index < -0.39 is 0 Å². The van der Waals surface area contributed by atoms with Gasteiger partial charge < -0.3 is 5.73 Å². The lowest BCUT2D eigenvalue weighted by molar-refractivity contribution is -0.120. The summed E-state index contributed by atoms with van der Waals surface area (Å²) in [5, 5.41) is 0. The second kappa shape index (κ2) is 17.0. The summed E-state index contributed by atoms with van der Waals surface area (Å²) in [4.78, 5) is 11.7. The zero-order chi connectivity index (χ0) is 16.5. The highest BCUT2D eigenvalue weighted by Gasteiger charge is 2.11. The SMILES string of the molecule is CCCCCCCCCCCCCCCC(=O)C(N)CCC. The van der Waals surface area contributed by atoms with Crippen molar-refractivity contribution in [3.05, 3.63) is 0 Å². The van der Waals surface area contributed by atoms with Crippen LogP contribution in [0.1, 0.15) is 117 Å². The van der Waals surface area contributed by atoms with Gasteiger partial charge in [0.05, 0.1) is 6.04 Å². The Hall–Kier alpha value is -0.370. The van der Waals surface area contributed by atoms with Gasteiger partial charge in [-0.25, -0.2) is 0 Å². The van der Waals surface area contributed by atoms with E-state index in [9.17, 15) is 4.79 Å². The minimum absolute atomic E-state index is 0.206. The highest BCUT2D eigenvalue weighted by Crippen LogP contribution is 2.13. The Labute approximate surface area is 139 Å². The first-order valence-electron chi connectivity index (χ1n) is 10.0. The minimum atomic E-state index is -0.206. The van der Waals surface area contributed by atoms with Crippen molar-refractivity contribution >= 4 is 5.78 Å².